The van der Waals surface area contributed by atoms with Crippen molar-refractivity contribution in [3.8, 4) is 0 Å². The first-order chi connectivity index (χ1) is 6.92. The van der Waals surface area contributed by atoms with E-state index in [9.17, 15) is 9.46 Å². The number of hydrogen-bond acceptors (Lipinski definition) is 4. The van der Waals surface area contributed by atoms with Gasteiger partial charge in [-0.05, 0) is 24.7 Å². The fraction of sp³-hybridized carbons (Fsp3) is 1.00. The third-order valence-corrected chi connectivity index (χ3v) is 4.12. The minimum Gasteiger partial charge on any atom is -0.327 e. The van der Waals surface area contributed by atoms with Gasteiger partial charge in [0.05, 0.1) is 13.2 Å². The van der Waals surface area contributed by atoms with Crippen molar-refractivity contribution in [2.24, 2.45) is 17.6 Å². The molecule has 0 aromatic rings. The largest absolute Gasteiger partial charge is 0.472 e. The fourth-order valence-corrected chi connectivity index (χ4v) is 2.39. The molecule has 1 saturated heterocycles. The predicted molar refractivity (Wildman–Crippen MR) is 57.3 cm³/mol. The summed E-state index contributed by atoms with van der Waals surface area (Å²) in [5, 5.41) is 0. The van der Waals surface area contributed by atoms with E-state index in [-0.39, 0.29) is 19.3 Å². The summed E-state index contributed by atoms with van der Waals surface area (Å²) in [6.07, 6.45) is 1.31. The maximum absolute atomic E-state index is 11.2. The van der Waals surface area contributed by atoms with Crippen molar-refractivity contribution in [2.75, 3.05) is 13.2 Å². The van der Waals surface area contributed by atoms with Crippen molar-refractivity contribution in [1.82, 2.24) is 0 Å². The first-order valence-corrected chi connectivity index (χ1v) is 6.79. The number of phosphoric ester groups is 1. The topological polar surface area (TPSA) is 81.8 Å². The van der Waals surface area contributed by atoms with E-state index >= 15 is 0 Å². The highest BCUT2D eigenvalue weighted by Crippen LogP contribution is 2.44. The normalized spacial score (nSPS) is 44.9. The molecular formula is C9H20NO4P. The summed E-state index contributed by atoms with van der Waals surface area (Å²) in [7, 11) is -3.83. The van der Waals surface area contributed by atoms with E-state index < -0.39 is 7.82 Å². The van der Waals surface area contributed by atoms with Gasteiger partial charge in [0.25, 0.3) is 0 Å². The van der Waals surface area contributed by atoms with Gasteiger partial charge in [-0.1, -0.05) is 13.8 Å². The van der Waals surface area contributed by atoms with Crippen LogP contribution in [0.3, 0.4) is 0 Å². The Kier molecular flexibility index (Phi) is 4.74. The van der Waals surface area contributed by atoms with Crippen LogP contribution >= 0.6 is 7.82 Å². The van der Waals surface area contributed by atoms with Crippen molar-refractivity contribution >= 4 is 7.82 Å². The fourth-order valence-electron chi connectivity index (χ4n) is 1.64. The number of hydrogen-bond donors (Lipinski definition) is 2. The maximum atomic E-state index is 11.2. The van der Waals surface area contributed by atoms with Crippen LogP contribution in [0.4, 0.5) is 0 Å². The molecule has 0 aromatic carbocycles. The molecule has 4 atom stereocenters. The van der Waals surface area contributed by atoms with Gasteiger partial charge in [0.2, 0.25) is 0 Å². The average Bonchev–Trinajstić information content (AvgIpc) is 2.14. The van der Waals surface area contributed by atoms with Crippen LogP contribution in [-0.4, -0.2) is 24.1 Å². The Labute approximate surface area is 90.6 Å². The Morgan fingerprint density at radius 1 is 1.27 bits per heavy atom. The van der Waals surface area contributed by atoms with Gasteiger partial charge in [0.1, 0.15) is 0 Å². The van der Waals surface area contributed by atoms with Gasteiger partial charge in [-0.2, -0.15) is 0 Å². The highest BCUT2D eigenvalue weighted by Gasteiger charge is 2.26. The molecule has 1 unspecified atom stereocenters. The zero-order valence-corrected chi connectivity index (χ0v) is 10.2. The van der Waals surface area contributed by atoms with Crippen molar-refractivity contribution in [3.63, 3.8) is 0 Å². The molecule has 1 heterocycles. The van der Waals surface area contributed by atoms with E-state index in [4.69, 9.17) is 14.8 Å². The van der Waals surface area contributed by atoms with Gasteiger partial charge < -0.3 is 10.6 Å². The van der Waals surface area contributed by atoms with Crippen molar-refractivity contribution in [3.05, 3.63) is 0 Å². The van der Waals surface area contributed by atoms with Gasteiger partial charge in [0.15, 0.2) is 0 Å². The Morgan fingerprint density at radius 3 is 2.40 bits per heavy atom. The molecule has 1 aliphatic heterocycles. The lowest BCUT2D eigenvalue weighted by molar-refractivity contribution is 0.117. The molecule has 0 saturated carbocycles. The van der Waals surface area contributed by atoms with Crippen molar-refractivity contribution in [2.45, 2.75) is 32.7 Å². The van der Waals surface area contributed by atoms with Crippen LogP contribution in [0.25, 0.3) is 0 Å². The van der Waals surface area contributed by atoms with E-state index in [1.54, 1.807) is 0 Å². The quantitative estimate of drug-likeness (QED) is 0.624. The average molecular weight is 237 g/mol. The van der Waals surface area contributed by atoms with E-state index in [0.29, 0.717) is 18.3 Å². The molecule has 0 amide bonds. The Hall–Kier alpha value is 0.0700. The van der Waals surface area contributed by atoms with Gasteiger partial charge in [0, 0.05) is 6.04 Å². The number of phosphoric acid groups is 1. The second-order valence-electron chi connectivity index (χ2n) is 4.21. The zero-order chi connectivity index (χ0) is 11.5. The lowest BCUT2D eigenvalue weighted by Crippen LogP contribution is -2.34. The van der Waals surface area contributed by atoms with E-state index in [2.05, 4.69) is 13.8 Å². The van der Waals surface area contributed by atoms with E-state index in [1.807, 2.05) is 0 Å². The second-order valence-corrected chi connectivity index (χ2v) is 5.67. The van der Waals surface area contributed by atoms with Crippen LogP contribution < -0.4 is 5.73 Å². The van der Waals surface area contributed by atoms with Crippen LogP contribution in [0.1, 0.15) is 26.7 Å². The standard InChI is InChI=1S/C9H20NO4P/c1-7-3-5-13-15(11,12)14-6-4-9(10)8(7)2/h7-9H,3-6,10H2,1-2H3,(H,11,12)/t7-,8-,9-/m1/s1. The van der Waals surface area contributed by atoms with Gasteiger partial charge >= 0.3 is 7.82 Å². The second kappa shape index (κ2) is 5.41. The number of rotatable bonds is 0. The molecule has 15 heavy (non-hydrogen) atoms. The molecule has 0 spiro atoms. The van der Waals surface area contributed by atoms with Gasteiger partial charge in [-0.3, -0.25) is 9.05 Å². The molecule has 3 N–H and O–H groups in total. The van der Waals surface area contributed by atoms with Gasteiger partial charge in [-0.15, -0.1) is 0 Å². The lowest BCUT2D eigenvalue weighted by Gasteiger charge is -2.27. The molecule has 0 radical (unpaired) electrons. The van der Waals surface area contributed by atoms with Crippen LogP contribution in [0.5, 0.6) is 0 Å². The SMILES string of the molecule is C[C@@H]1[C@H](C)CCOP(=O)(O)OCC[C@H]1N. The van der Waals surface area contributed by atoms with Crippen LogP contribution in [0, 0.1) is 11.8 Å². The lowest BCUT2D eigenvalue weighted by atomic mass is 9.86. The summed E-state index contributed by atoms with van der Waals surface area (Å²) >= 11 is 0. The molecular weight excluding hydrogens is 217 g/mol. The van der Waals surface area contributed by atoms with E-state index in [1.165, 1.54) is 0 Å². The third kappa shape index (κ3) is 4.21. The summed E-state index contributed by atoms with van der Waals surface area (Å²) in [6, 6.07) is 0.0121. The Balaban J connectivity index is 2.59. The van der Waals surface area contributed by atoms with Crippen molar-refractivity contribution in [1.29, 1.82) is 0 Å². The molecule has 1 aliphatic rings. The van der Waals surface area contributed by atoms with Gasteiger partial charge in [-0.25, -0.2) is 4.57 Å². The van der Waals surface area contributed by atoms with Crippen molar-refractivity contribution < 1.29 is 18.5 Å². The predicted octanol–water partition coefficient (Wildman–Crippen LogP) is 1.51. The minimum absolute atomic E-state index is 0.0121. The summed E-state index contributed by atoms with van der Waals surface area (Å²) in [5.74, 6) is 0.756. The highest BCUT2D eigenvalue weighted by atomic mass is 31.2. The summed E-state index contributed by atoms with van der Waals surface area (Å²) in [4.78, 5) is 9.21. The first-order valence-electron chi connectivity index (χ1n) is 5.30. The molecule has 6 heteroatoms. The van der Waals surface area contributed by atoms with E-state index in [0.717, 1.165) is 6.42 Å². The molecule has 90 valence electrons. The Morgan fingerprint density at radius 2 is 1.80 bits per heavy atom. The first kappa shape index (κ1) is 13.1. The minimum atomic E-state index is -3.83. The van der Waals surface area contributed by atoms with Crippen LogP contribution in [-0.2, 0) is 13.6 Å². The molecule has 5 nitrogen and oxygen atoms in total. The Bertz CT molecular complexity index is 228. The van der Waals surface area contributed by atoms with Crippen LogP contribution in [0.2, 0.25) is 0 Å². The summed E-state index contributed by atoms with van der Waals surface area (Å²) in [6.45, 7) is 4.59. The molecule has 0 aromatic heterocycles. The highest BCUT2D eigenvalue weighted by molar-refractivity contribution is 7.47. The smallest absolute Gasteiger partial charge is 0.327 e. The maximum Gasteiger partial charge on any atom is 0.472 e. The summed E-state index contributed by atoms with van der Waals surface area (Å²) < 4.78 is 20.8. The summed E-state index contributed by atoms with van der Waals surface area (Å²) in [5.41, 5.74) is 5.95. The zero-order valence-electron chi connectivity index (χ0n) is 9.26. The number of nitrogens with two attached hydrogens (primary N) is 1. The third-order valence-electron chi connectivity index (χ3n) is 3.11. The monoisotopic (exact) mass is 237 g/mol. The molecule has 1 fully saturated rings. The van der Waals surface area contributed by atoms with Crippen LogP contribution in [0.15, 0.2) is 0 Å². The molecule has 0 bridgehead atoms. The molecule has 0 aliphatic carbocycles. The molecule has 1 rings (SSSR count).